The highest BCUT2D eigenvalue weighted by molar-refractivity contribution is 7.21. The number of benzene rings is 3. The third-order valence-electron chi connectivity index (χ3n) is 5.19. The predicted octanol–water partition coefficient (Wildman–Crippen LogP) is 6.72. The Hall–Kier alpha value is -3.18. The Kier molecular flexibility index (Phi) is 6.05. The summed E-state index contributed by atoms with van der Waals surface area (Å²) in [5.74, 6) is 0.986. The standard InChI is InChI=1S/C26H26N2O2S/c1-16(2)22-11-10-21(14-18(22)4)30-15-25(29)27-20-8-6-19(7-9-20)26-28-23-12-5-17(3)13-24(23)31-26/h5-14,16H,15H2,1-4H3,(H,27,29). The van der Waals surface area contributed by atoms with Gasteiger partial charge in [0.25, 0.3) is 5.91 Å². The number of ether oxygens (including phenoxy) is 1. The van der Waals surface area contributed by atoms with Gasteiger partial charge in [-0.25, -0.2) is 4.98 Å². The van der Waals surface area contributed by atoms with Gasteiger partial charge in [-0.3, -0.25) is 4.79 Å². The molecule has 31 heavy (non-hydrogen) atoms. The molecule has 0 spiro atoms. The molecule has 0 aliphatic heterocycles. The fourth-order valence-electron chi connectivity index (χ4n) is 3.58. The van der Waals surface area contributed by atoms with Crippen LogP contribution in [0.2, 0.25) is 0 Å². The number of fused-ring (bicyclic) bond motifs is 1. The van der Waals surface area contributed by atoms with Crippen LogP contribution in [0.3, 0.4) is 0 Å². The minimum Gasteiger partial charge on any atom is -0.484 e. The summed E-state index contributed by atoms with van der Waals surface area (Å²) >= 11 is 1.68. The maximum absolute atomic E-state index is 12.3. The summed E-state index contributed by atoms with van der Waals surface area (Å²) in [5.41, 5.74) is 6.48. The zero-order valence-corrected chi connectivity index (χ0v) is 19.0. The van der Waals surface area contributed by atoms with Gasteiger partial charge in [-0.1, -0.05) is 26.0 Å². The van der Waals surface area contributed by atoms with Gasteiger partial charge >= 0.3 is 0 Å². The van der Waals surface area contributed by atoms with Gasteiger partial charge < -0.3 is 10.1 Å². The molecule has 0 aliphatic carbocycles. The number of nitrogens with zero attached hydrogens (tertiary/aromatic N) is 1. The summed E-state index contributed by atoms with van der Waals surface area (Å²) < 4.78 is 6.85. The molecule has 4 aromatic rings. The first-order chi connectivity index (χ1) is 14.9. The van der Waals surface area contributed by atoms with Crippen LogP contribution in [0.5, 0.6) is 5.75 Å². The van der Waals surface area contributed by atoms with E-state index in [0.717, 1.165) is 21.8 Å². The molecule has 0 radical (unpaired) electrons. The van der Waals surface area contributed by atoms with Crippen LogP contribution in [-0.4, -0.2) is 17.5 Å². The monoisotopic (exact) mass is 430 g/mol. The molecule has 0 unspecified atom stereocenters. The van der Waals surface area contributed by atoms with Crippen molar-refractivity contribution in [3.63, 3.8) is 0 Å². The second-order valence-corrected chi connectivity index (χ2v) is 9.11. The van der Waals surface area contributed by atoms with E-state index in [-0.39, 0.29) is 12.5 Å². The summed E-state index contributed by atoms with van der Waals surface area (Å²) in [6, 6.07) is 20.0. The van der Waals surface area contributed by atoms with E-state index in [1.54, 1.807) is 11.3 Å². The fourth-order valence-corrected chi connectivity index (χ4v) is 4.65. The van der Waals surface area contributed by atoms with Crippen molar-refractivity contribution in [3.05, 3.63) is 77.4 Å². The first kappa shape index (κ1) is 21.1. The second kappa shape index (κ2) is 8.90. The van der Waals surface area contributed by atoms with Gasteiger partial charge in [0.1, 0.15) is 10.8 Å². The summed E-state index contributed by atoms with van der Waals surface area (Å²) in [7, 11) is 0. The number of amides is 1. The lowest BCUT2D eigenvalue weighted by atomic mass is 9.98. The molecule has 0 saturated heterocycles. The van der Waals surface area contributed by atoms with Crippen LogP contribution in [0.25, 0.3) is 20.8 Å². The van der Waals surface area contributed by atoms with Gasteiger partial charge in [-0.05, 0) is 85.0 Å². The zero-order chi connectivity index (χ0) is 22.0. The first-order valence-electron chi connectivity index (χ1n) is 10.4. The van der Waals surface area contributed by atoms with E-state index in [1.165, 1.54) is 21.4 Å². The molecule has 1 amide bonds. The van der Waals surface area contributed by atoms with Crippen LogP contribution in [0.15, 0.2) is 60.7 Å². The van der Waals surface area contributed by atoms with Crippen molar-refractivity contribution in [3.8, 4) is 16.3 Å². The first-order valence-corrected chi connectivity index (χ1v) is 11.2. The molecular formula is C26H26N2O2S. The summed E-state index contributed by atoms with van der Waals surface area (Å²) in [6.07, 6.45) is 0. The number of anilines is 1. The average molecular weight is 431 g/mol. The van der Waals surface area contributed by atoms with Crippen molar-refractivity contribution < 1.29 is 9.53 Å². The maximum atomic E-state index is 12.3. The van der Waals surface area contributed by atoms with Gasteiger partial charge in [0, 0.05) is 11.3 Å². The Morgan fingerprint density at radius 2 is 1.81 bits per heavy atom. The van der Waals surface area contributed by atoms with Crippen LogP contribution < -0.4 is 10.1 Å². The third-order valence-corrected chi connectivity index (χ3v) is 6.26. The fraction of sp³-hybridized carbons (Fsp3) is 0.231. The number of aromatic nitrogens is 1. The molecule has 4 rings (SSSR count). The highest BCUT2D eigenvalue weighted by Gasteiger charge is 2.09. The number of nitrogens with one attached hydrogen (secondary N) is 1. The maximum Gasteiger partial charge on any atom is 0.262 e. The van der Waals surface area contributed by atoms with E-state index in [0.29, 0.717) is 11.7 Å². The molecule has 5 heteroatoms. The lowest BCUT2D eigenvalue weighted by Gasteiger charge is -2.12. The van der Waals surface area contributed by atoms with Gasteiger partial charge in [-0.2, -0.15) is 0 Å². The Morgan fingerprint density at radius 3 is 2.52 bits per heavy atom. The van der Waals surface area contributed by atoms with Gasteiger partial charge in [-0.15, -0.1) is 11.3 Å². The highest BCUT2D eigenvalue weighted by Crippen LogP contribution is 2.31. The number of aryl methyl sites for hydroxylation is 2. The summed E-state index contributed by atoms with van der Waals surface area (Å²) in [4.78, 5) is 17.0. The topological polar surface area (TPSA) is 51.2 Å². The van der Waals surface area contributed by atoms with E-state index >= 15 is 0 Å². The van der Waals surface area contributed by atoms with Crippen LogP contribution in [0.1, 0.15) is 36.5 Å². The normalized spacial score (nSPS) is 11.1. The highest BCUT2D eigenvalue weighted by atomic mass is 32.1. The molecule has 1 aromatic heterocycles. The summed E-state index contributed by atoms with van der Waals surface area (Å²) in [5, 5.41) is 3.86. The van der Waals surface area contributed by atoms with Crippen LogP contribution >= 0.6 is 11.3 Å². The van der Waals surface area contributed by atoms with Crippen LogP contribution in [-0.2, 0) is 4.79 Å². The van der Waals surface area contributed by atoms with E-state index < -0.39 is 0 Å². The molecule has 158 valence electrons. The van der Waals surface area contributed by atoms with E-state index in [2.05, 4.69) is 57.3 Å². The Balaban J connectivity index is 1.37. The van der Waals surface area contributed by atoms with Crippen molar-refractivity contribution in [1.29, 1.82) is 0 Å². The number of carbonyl (C=O) groups excluding carboxylic acids is 1. The molecule has 0 fully saturated rings. The number of hydrogen-bond donors (Lipinski definition) is 1. The van der Waals surface area contributed by atoms with Gasteiger partial charge in [0.15, 0.2) is 6.61 Å². The molecule has 0 atom stereocenters. The van der Waals surface area contributed by atoms with Gasteiger partial charge in [0.2, 0.25) is 0 Å². The van der Waals surface area contributed by atoms with Crippen molar-refractivity contribution in [2.45, 2.75) is 33.6 Å². The van der Waals surface area contributed by atoms with Crippen molar-refractivity contribution in [1.82, 2.24) is 4.98 Å². The largest absolute Gasteiger partial charge is 0.484 e. The number of hydrogen-bond acceptors (Lipinski definition) is 4. The molecule has 3 aromatic carbocycles. The number of carbonyl (C=O) groups is 1. The second-order valence-electron chi connectivity index (χ2n) is 8.08. The lowest BCUT2D eigenvalue weighted by Crippen LogP contribution is -2.20. The molecule has 1 N–H and O–H groups in total. The molecule has 1 heterocycles. The van der Waals surface area contributed by atoms with Crippen LogP contribution in [0.4, 0.5) is 5.69 Å². The average Bonchev–Trinajstić information content (AvgIpc) is 3.15. The number of thiazole rings is 1. The van der Waals surface area contributed by atoms with E-state index in [9.17, 15) is 4.79 Å². The van der Waals surface area contributed by atoms with Crippen molar-refractivity contribution in [2.24, 2.45) is 0 Å². The zero-order valence-electron chi connectivity index (χ0n) is 18.2. The van der Waals surface area contributed by atoms with Crippen molar-refractivity contribution >= 4 is 33.1 Å². The van der Waals surface area contributed by atoms with Gasteiger partial charge in [0.05, 0.1) is 10.2 Å². The Bertz CT molecular complexity index is 1230. The lowest BCUT2D eigenvalue weighted by molar-refractivity contribution is -0.118. The molecule has 0 saturated carbocycles. The SMILES string of the molecule is Cc1ccc2nc(-c3ccc(NC(=O)COc4ccc(C(C)C)c(C)c4)cc3)sc2c1. The minimum absolute atomic E-state index is 0.0283. The minimum atomic E-state index is -0.186. The van der Waals surface area contributed by atoms with E-state index in [4.69, 9.17) is 9.72 Å². The third kappa shape index (κ3) is 4.94. The summed E-state index contributed by atoms with van der Waals surface area (Å²) in [6.45, 7) is 8.45. The molecular weight excluding hydrogens is 404 g/mol. The van der Waals surface area contributed by atoms with E-state index in [1.807, 2.05) is 36.4 Å². The molecule has 0 aliphatic rings. The number of rotatable bonds is 6. The predicted molar refractivity (Wildman–Crippen MR) is 129 cm³/mol. The smallest absolute Gasteiger partial charge is 0.262 e. The Labute approximate surface area is 186 Å². The Morgan fingerprint density at radius 1 is 1.03 bits per heavy atom. The van der Waals surface area contributed by atoms with Crippen LogP contribution in [0, 0.1) is 13.8 Å². The van der Waals surface area contributed by atoms with Crippen molar-refractivity contribution in [2.75, 3.05) is 11.9 Å². The quantitative estimate of drug-likeness (QED) is 0.369. The molecule has 4 nitrogen and oxygen atoms in total. The molecule has 0 bridgehead atoms.